The molecule has 1 saturated carbocycles. The van der Waals surface area contributed by atoms with Crippen molar-refractivity contribution < 1.29 is 37.4 Å². The smallest absolute Gasteiger partial charge is 0.478 e. The molecule has 0 aliphatic heterocycles. The molecule has 9 heteroatoms. The summed E-state index contributed by atoms with van der Waals surface area (Å²) < 4.78 is 45.1. The number of hydrogen-bond acceptors (Lipinski definition) is 3. The zero-order valence-electron chi connectivity index (χ0n) is 17.3. The lowest BCUT2D eigenvalue weighted by molar-refractivity contribution is -0.192. The number of carboxylic acids is 2. The third kappa shape index (κ3) is 8.30. The first-order chi connectivity index (χ1) is 15.1. The summed E-state index contributed by atoms with van der Waals surface area (Å²) in [7, 11) is 0. The number of carbonyl (C=O) groups is 2. The number of hydrogen-bond donors (Lipinski definition) is 2. The van der Waals surface area contributed by atoms with Crippen LogP contribution in [0.15, 0.2) is 48.5 Å². The molecule has 2 N–H and O–H groups in total. The molecule has 0 heterocycles. The van der Waals surface area contributed by atoms with E-state index in [-0.39, 0.29) is 5.82 Å². The molecule has 0 bridgehead atoms. The van der Waals surface area contributed by atoms with Gasteiger partial charge in [0.25, 0.3) is 0 Å². The van der Waals surface area contributed by atoms with Crippen molar-refractivity contribution in [3.05, 3.63) is 71.0 Å². The van der Waals surface area contributed by atoms with Crippen LogP contribution in [0.4, 0.5) is 17.6 Å². The Bertz CT molecular complexity index is 894. The van der Waals surface area contributed by atoms with Gasteiger partial charge in [0, 0.05) is 19.1 Å². The van der Waals surface area contributed by atoms with Crippen LogP contribution < -0.4 is 0 Å². The van der Waals surface area contributed by atoms with E-state index in [9.17, 15) is 22.4 Å². The number of benzene rings is 2. The molecule has 5 nitrogen and oxygen atoms in total. The molecule has 0 saturated heterocycles. The van der Waals surface area contributed by atoms with Gasteiger partial charge in [-0.05, 0) is 54.7 Å². The standard InChI is InChI=1S/C21H24FNO2.C2HF3O2/c22-19-5-3-4-16(14-19)12-13-23(20-6-1-2-7-20)15-17-8-10-18(11-9-17)21(24)25;3-2(4,5)1(6)7/h3-5,8-11,14,20H,1-2,6-7,12-13,15H2,(H,24,25);(H,6,7). The third-order valence-corrected chi connectivity index (χ3v) is 5.25. The van der Waals surface area contributed by atoms with Gasteiger partial charge < -0.3 is 10.2 Å². The molecular formula is C23H25F4NO4. The van der Waals surface area contributed by atoms with Crippen molar-refractivity contribution in [2.24, 2.45) is 0 Å². The highest BCUT2D eigenvalue weighted by Gasteiger charge is 2.38. The van der Waals surface area contributed by atoms with Crippen molar-refractivity contribution in [2.45, 2.75) is 50.9 Å². The monoisotopic (exact) mass is 455 g/mol. The Kier molecular flexibility index (Phi) is 9.19. The summed E-state index contributed by atoms with van der Waals surface area (Å²) in [4.78, 5) is 22.4. The number of alkyl halides is 3. The number of halogens is 4. The van der Waals surface area contributed by atoms with Crippen LogP contribution in [-0.4, -0.2) is 45.8 Å². The van der Waals surface area contributed by atoms with E-state index in [1.165, 1.54) is 31.7 Å². The topological polar surface area (TPSA) is 77.8 Å². The summed E-state index contributed by atoms with van der Waals surface area (Å²) in [5, 5.41) is 16.1. The predicted molar refractivity (Wildman–Crippen MR) is 110 cm³/mol. The van der Waals surface area contributed by atoms with Crippen molar-refractivity contribution in [3.63, 3.8) is 0 Å². The molecule has 3 rings (SSSR count). The molecule has 0 atom stereocenters. The molecule has 0 radical (unpaired) electrons. The minimum absolute atomic E-state index is 0.186. The fraction of sp³-hybridized carbons (Fsp3) is 0.391. The Morgan fingerprint density at radius 1 is 0.969 bits per heavy atom. The van der Waals surface area contributed by atoms with Crippen LogP contribution in [0.2, 0.25) is 0 Å². The second-order valence-corrected chi connectivity index (χ2v) is 7.59. The molecule has 32 heavy (non-hydrogen) atoms. The van der Waals surface area contributed by atoms with Crippen LogP contribution >= 0.6 is 0 Å². The Morgan fingerprint density at radius 3 is 2.06 bits per heavy atom. The van der Waals surface area contributed by atoms with Crippen LogP contribution in [0.3, 0.4) is 0 Å². The Morgan fingerprint density at radius 2 is 1.56 bits per heavy atom. The summed E-state index contributed by atoms with van der Waals surface area (Å²) in [6.45, 7) is 1.69. The fourth-order valence-corrected chi connectivity index (χ4v) is 3.61. The molecular weight excluding hydrogens is 430 g/mol. The lowest BCUT2D eigenvalue weighted by atomic mass is 10.1. The van der Waals surface area contributed by atoms with E-state index in [0.717, 1.165) is 30.6 Å². The summed E-state index contributed by atoms with van der Waals surface area (Å²) in [6, 6.07) is 14.5. The molecule has 2 aromatic carbocycles. The van der Waals surface area contributed by atoms with Crippen molar-refractivity contribution in [3.8, 4) is 0 Å². The van der Waals surface area contributed by atoms with Gasteiger partial charge in [0.05, 0.1) is 5.56 Å². The SMILES string of the molecule is O=C(O)C(F)(F)F.O=C(O)c1ccc(CN(CCc2cccc(F)c2)C2CCCC2)cc1. The van der Waals surface area contributed by atoms with Gasteiger partial charge >= 0.3 is 18.1 Å². The van der Waals surface area contributed by atoms with Crippen molar-refractivity contribution in [1.82, 2.24) is 4.90 Å². The first-order valence-corrected chi connectivity index (χ1v) is 10.2. The molecule has 2 aromatic rings. The highest BCUT2D eigenvalue weighted by Crippen LogP contribution is 2.25. The Hall–Kier alpha value is -2.94. The van der Waals surface area contributed by atoms with Crippen LogP contribution in [0.25, 0.3) is 0 Å². The van der Waals surface area contributed by atoms with E-state index in [1.807, 2.05) is 18.2 Å². The third-order valence-electron chi connectivity index (χ3n) is 5.25. The maximum atomic E-state index is 13.4. The minimum Gasteiger partial charge on any atom is -0.478 e. The number of carboxylic acid groups (broad SMARTS) is 2. The first-order valence-electron chi connectivity index (χ1n) is 10.2. The molecule has 0 amide bonds. The molecule has 174 valence electrons. The van der Waals surface area contributed by atoms with Gasteiger partial charge in [-0.15, -0.1) is 0 Å². The summed E-state index contributed by atoms with van der Waals surface area (Å²) >= 11 is 0. The van der Waals surface area contributed by atoms with Gasteiger partial charge in [0.2, 0.25) is 0 Å². The zero-order valence-corrected chi connectivity index (χ0v) is 17.3. The normalized spacial score (nSPS) is 14.2. The second-order valence-electron chi connectivity index (χ2n) is 7.59. The maximum absolute atomic E-state index is 13.4. The average Bonchev–Trinajstić information content (AvgIpc) is 3.26. The molecule has 0 spiro atoms. The predicted octanol–water partition coefficient (Wildman–Crippen LogP) is 5.14. The highest BCUT2D eigenvalue weighted by molar-refractivity contribution is 5.87. The fourth-order valence-electron chi connectivity index (χ4n) is 3.61. The lowest BCUT2D eigenvalue weighted by Gasteiger charge is -2.29. The molecule has 0 aromatic heterocycles. The summed E-state index contributed by atoms with van der Waals surface area (Å²) in [6.07, 6.45) is 0.673. The highest BCUT2D eigenvalue weighted by atomic mass is 19.4. The molecule has 1 fully saturated rings. The Labute approximate surface area is 183 Å². The maximum Gasteiger partial charge on any atom is 0.490 e. The first kappa shape index (κ1) is 25.3. The number of nitrogens with zero attached hydrogens (tertiary/aromatic N) is 1. The van der Waals surface area contributed by atoms with Gasteiger partial charge in [-0.25, -0.2) is 14.0 Å². The number of aromatic carboxylic acids is 1. The molecule has 0 unspecified atom stereocenters. The quantitative estimate of drug-likeness (QED) is 0.565. The lowest BCUT2D eigenvalue weighted by Crippen LogP contribution is -2.34. The van der Waals surface area contributed by atoms with Crippen LogP contribution in [0.5, 0.6) is 0 Å². The minimum atomic E-state index is -5.08. The molecule has 1 aliphatic rings. The van der Waals surface area contributed by atoms with E-state index < -0.39 is 18.1 Å². The van der Waals surface area contributed by atoms with Crippen LogP contribution in [0.1, 0.15) is 47.2 Å². The number of aliphatic carboxylic acids is 1. The van der Waals surface area contributed by atoms with Gasteiger partial charge in [-0.1, -0.05) is 37.1 Å². The summed E-state index contributed by atoms with van der Waals surface area (Å²) in [5.74, 6) is -3.84. The van der Waals surface area contributed by atoms with E-state index in [0.29, 0.717) is 11.6 Å². The van der Waals surface area contributed by atoms with Gasteiger partial charge in [-0.2, -0.15) is 13.2 Å². The van der Waals surface area contributed by atoms with E-state index >= 15 is 0 Å². The van der Waals surface area contributed by atoms with Crippen LogP contribution in [-0.2, 0) is 17.8 Å². The Balaban J connectivity index is 0.000000451. The average molecular weight is 455 g/mol. The largest absolute Gasteiger partial charge is 0.490 e. The number of rotatable bonds is 7. The van der Waals surface area contributed by atoms with Crippen molar-refractivity contribution in [2.75, 3.05) is 6.54 Å². The van der Waals surface area contributed by atoms with Crippen LogP contribution in [0, 0.1) is 5.82 Å². The molecule has 1 aliphatic carbocycles. The van der Waals surface area contributed by atoms with Gasteiger partial charge in [-0.3, -0.25) is 4.90 Å². The van der Waals surface area contributed by atoms with E-state index in [1.54, 1.807) is 24.3 Å². The van der Waals surface area contributed by atoms with E-state index in [4.69, 9.17) is 15.0 Å². The van der Waals surface area contributed by atoms with Gasteiger partial charge in [0.1, 0.15) is 5.82 Å². The summed E-state index contributed by atoms with van der Waals surface area (Å²) in [5.41, 5.74) is 2.45. The zero-order chi connectivity index (χ0) is 23.7. The van der Waals surface area contributed by atoms with Crippen molar-refractivity contribution >= 4 is 11.9 Å². The second kappa shape index (κ2) is 11.6. The van der Waals surface area contributed by atoms with Crippen molar-refractivity contribution in [1.29, 1.82) is 0 Å². The van der Waals surface area contributed by atoms with Gasteiger partial charge in [0.15, 0.2) is 0 Å². The van der Waals surface area contributed by atoms with E-state index in [2.05, 4.69) is 4.90 Å².